The van der Waals surface area contributed by atoms with Crippen molar-refractivity contribution in [3.8, 4) is 0 Å². The zero-order chi connectivity index (χ0) is 10.6. The molecule has 1 aromatic rings. The minimum atomic E-state index is 0.150. The number of hydrogen-bond acceptors (Lipinski definition) is 2. The number of benzene rings is 1. The Bertz CT molecular complexity index is 320. The lowest BCUT2D eigenvalue weighted by molar-refractivity contribution is 0.0964. The Labute approximate surface area is 85.1 Å². The third-order valence-corrected chi connectivity index (χ3v) is 2.49. The number of Topliss-reactive ketones (excluding diaryl/α,β-unsaturated/α-hetero) is 1. The summed E-state index contributed by atoms with van der Waals surface area (Å²) < 4.78 is 0. The van der Waals surface area contributed by atoms with Crippen LogP contribution in [0.1, 0.15) is 37.0 Å². The van der Waals surface area contributed by atoms with Crippen LogP contribution in [0.3, 0.4) is 0 Å². The lowest BCUT2D eigenvalue weighted by atomic mass is 9.97. The smallest absolute Gasteiger partial charge is 0.165 e. The van der Waals surface area contributed by atoms with E-state index in [0.717, 1.165) is 6.42 Å². The number of para-hydroxylation sites is 1. The summed E-state index contributed by atoms with van der Waals surface area (Å²) in [5, 5.41) is 0. The largest absolute Gasteiger partial charge is 0.398 e. The molecule has 0 saturated heterocycles. The fourth-order valence-corrected chi connectivity index (χ4v) is 1.32. The van der Waals surface area contributed by atoms with Crippen LogP contribution in [0.25, 0.3) is 0 Å². The first-order valence-corrected chi connectivity index (χ1v) is 5.02. The van der Waals surface area contributed by atoms with Crippen molar-refractivity contribution in [3.05, 3.63) is 29.8 Å². The summed E-state index contributed by atoms with van der Waals surface area (Å²) in [6.07, 6.45) is 1.61. The minimum Gasteiger partial charge on any atom is -0.398 e. The van der Waals surface area contributed by atoms with E-state index < -0.39 is 0 Å². The van der Waals surface area contributed by atoms with Crippen LogP contribution in [-0.4, -0.2) is 5.78 Å². The number of anilines is 1. The van der Waals surface area contributed by atoms with Crippen LogP contribution in [0.2, 0.25) is 0 Å². The predicted octanol–water partition coefficient (Wildman–Crippen LogP) is 2.89. The second-order valence-corrected chi connectivity index (χ2v) is 3.73. The molecule has 0 aromatic heterocycles. The standard InChI is InChI=1S/C12H17NO/c1-3-9(2)8-12(14)10-6-4-5-7-11(10)13/h4-7,9H,3,8,13H2,1-2H3. The molecule has 0 aliphatic rings. The molecule has 0 bridgehead atoms. The van der Waals surface area contributed by atoms with Gasteiger partial charge in [-0.25, -0.2) is 0 Å². The van der Waals surface area contributed by atoms with Crippen molar-refractivity contribution >= 4 is 11.5 Å². The zero-order valence-corrected chi connectivity index (χ0v) is 8.79. The molecule has 2 heteroatoms. The van der Waals surface area contributed by atoms with Gasteiger partial charge in [-0.3, -0.25) is 4.79 Å². The number of carbonyl (C=O) groups excluding carboxylic acids is 1. The molecule has 2 nitrogen and oxygen atoms in total. The van der Waals surface area contributed by atoms with E-state index in [9.17, 15) is 4.79 Å². The number of nitrogens with two attached hydrogens (primary N) is 1. The van der Waals surface area contributed by atoms with Gasteiger partial charge in [-0.05, 0) is 18.1 Å². The number of hydrogen-bond donors (Lipinski definition) is 1. The van der Waals surface area contributed by atoms with E-state index in [1.54, 1.807) is 12.1 Å². The first kappa shape index (κ1) is 10.8. The Morgan fingerprint density at radius 1 is 1.43 bits per heavy atom. The first-order chi connectivity index (χ1) is 6.65. The van der Waals surface area contributed by atoms with Crippen molar-refractivity contribution in [3.63, 3.8) is 0 Å². The summed E-state index contributed by atoms with van der Waals surface area (Å²) in [6, 6.07) is 7.25. The highest BCUT2D eigenvalue weighted by atomic mass is 16.1. The Hall–Kier alpha value is -1.31. The van der Waals surface area contributed by atoms with E-state index in [4.69, 9.17) is 5.73 Å². The van der Waals surface area contributed by atoms with Crippen molar-refractivity contribution in [2.45, 2.75) is 26.7 Å². The maximum absolute atomic E-state index is 11.8. The topological polar surface area (TPSA) is 43.1 Å². The molecule has 0 fully saturated rings. The molecule has 0 spiro atoms. The van der Waals surface area contributed by atoms with Crippen LogP contribution in [0, 0.1) is 5.92 Å². The molecule has 0 aliphatic heterocycles. The van der Waals surface area contributed by atoms with Crippen molar-refractivity contribution in [1.29, 1.82) is 0 Å². The lowest BCUT2D eigenvalue weighted by Gasteiger charge is -2.08. The van der Waals surface area contributed by atoms with Crippen LogP contribution in [0.15, 0.2) is 24.3 Å². The van der Waals surface area contributed by atoms with Crippen LogP contribution >= 0.6 is 0 Å². The molecule has 1 aromatic carbocycles. The second-order valence-electron chi connectivity index (χ2n) is 3.73. The van der Waals surface area contributed by atoms with Crippen molar-refractivity contribution in [2.24, 2.45) is 5.92 Å². The molecular formula is C12H17NO. The van der Waals surface area contributed by atoms with E-state index in [1.165, 1.54) is 0 Å². The molecular weight excluding hydrogens is 174 g/mol. The van der Waals surface area contributed by atoms with E-state index in [1.807, 2.05) is 12.1 Å². The normalized spacial score (nSPS) is 12.4. The summed E-state index contributed by atoms with van der Waals surface area (Å²) in [4.78, 5) is 11.8. The maximum atomic E-state index is 11.8. The highest BCUT2D eigenvalue weighted by Gasteiger charge is 2.11. The van der Waals surface area contributed by atoms with Crippen LogP contribution in [0.4, 0.5) is 5.69 Å². The van der Waals surface area contributed by atoms with Crippen LogP contribution in [0.5, 0.6) is 0 Å². The van der Waals surface area contributed by atoms with Crippen LogP contribution < -0.4 is 5.73 Å². The van der Waals surface area contributed by atoms with Gasteiger partial charge in [-0.1, -0.05) is 32.4 Å². The molecule has 1 atom stereocenters. The fourth-order valence-electron chi connectivity index (χ4n) is 1.32. The number of rotatable bonds is 4. The predicted molar refractivity (Wildman–Crippen MR) is 59.3 cm³/mol. The zero-order valence-electron chi connectivity index (χ0n) is 8.79. The van der Waals surface area contributed by atoms with Gasteiger partial charge in [0.15, 0.2) is 5.78 Å². The van der Waals surface area contributed by atoms with Crippen molar-refractivity contribution in [1.82, 2.24) is 0 Å². The molecule has 14 heavy (non-hydrogen) atoms. The molecule has 0 radical (unpaired) electrons. The van der Waals surface area contributed by atoms with Gasteiger partial charge in [0.25, 0.3) is 0 Å². The SMILES string of the molecule is CCC(C)CC(=O)c1ccccc1N. The van der Waals surface area contributed by atoms with E-state index in [2.05, 4.69) is 13.8 Å². The Balaban J connectivity index is 2.75. The third kappa shape index (κ3) is 2.59. The molecule has 1 rings (SSSR count). The molecule has 0 saturated carbocycles. The highest BCUT2D eigenvalue weighted by molar-refractivity contribution is 6.00. The van der Waals surface area contributed by atoms with Gasteiger partial charge in [0.2, 0.25) is 0 Å². The molecule has 76 valence electrons. The molecule has 0 heterocycles. The number of carbonyl (C=O) groups is 1. The number of nitrogen functional groups attached to an aromatic ring is 1. The second kappa shape index (κ2) is 4.80. The monoisotopic (exact) mass is 191 g/mol. The fraction of sp³-hybridized carbons (Fsp3) is 0.417. The average Bonchev–Trinajstić information content (AvgIpc) is 2.18. The van der Waals surface area contributed by atoms with Gasteiger partial charge in [0.1, 0.15) is 0 Å². The molecule has 2 N–H and O–H groups in total. The summed E-state index contributed by atoms with van der Waals surface area (Å²) in [5.74, 6) is 0.583. The number of ketones is 1. The molecule has 0 amide bonds. The summed E-state index contributed by atoms with van der Waals surface area (Å²) in [6.45, 7) is 4.17. The average molecular weight is 191 g/mol. The van der Waals surface area contributed by atoms with Crippen molar-refractivity contribution < 1.29 is 4.79 Å². The quantitative estimate of drug-likeness (QED) is 0.587. The maximum Gasteiger partial charge on any atom is 0.165 e. The Morgan fingerprint density at radius 2 is 2.07 bits per heavy atom. The van der Waals surface area contributed by atoms with Gasteiger partial charge in [0, 0.05) is 17.7 Å². The van der Waals surface area contributed by atoms with Gasteiger partial charge in [-0.2, -0.15) is 0 Å². The Morgan fingerprint density at radius 3 is 2.64 bits per heavy atom. The van der Waals surface area contributed by atoms with Crippen LogP contribution in [-0.2, 0) is 0 Å². The van der Waals surface area contributed by atoms with E-state index in [0.29, 0.717) is 23.6 Å². The summed E-state index contributed by atoms with van der Waals surface area (Å²) in [5.41, 5.74) is 6.96. The van der Waals surface area contributed by atoms with Crippen molar-refractivity contribution in [2.75, 3.05) is 5.73 Å². The van der Waals surface area contributed by atoms with Gasteiger partial charge in [-0.15, -0.1) is 0 Å². The van der Waals surface area contributed by atoms with Gasteiger partial charge in [0.05, 0.1) is 0 Å². The first-order valence-electron chi connectivity index (χ1n) is 5.02. The summed E-state index contributed by atoms with van der Waals surface area (Å²) in [7, 11) is 0. The molecule has 0 aliphatic carbocycles. The van der Waals surface area contributed by atoms with E-state index >= 15 is 0 Å². The highest BCUT2D eigenvalue weighted by Crippen LogP contribution is 2.17. The summed E-state index contributed by atoms with van der Waals surface area (Å²) >= 11 is 0. The lowest BCUT2D eigenvalue weighted by Crippen LogP contribution is -2.07. The molecule has 1 unspecified atom stereocenters. The van der Waals surface area contributed by atoms with Gasteiger partial charge >= 0.3 is 0 Å². The van der Waals surface area contributed by atoms with E-state index in [-0.39, 0.29) is 5.78 Å². The Kier molecular flexibility index (Phi) is 3.69. The van der Waals surface area contributed by atoms with Gasteiger partial charge < -0.3 is 5.73 Å². The minimum absolute atomic E-state index is 0.150. The third-order valence-electron chi connectivity index (χ3n) is 2.49.